The molecular formula is C26H23F3N2O5S. The van der Waals surface area contributed by atoms with Gasteiger partial charge in [-0.25, -0.2) is 22.9 Å². The van der Waals surface area contributed by atoms with Gasteiger partial charge in [-0.15, -0.1) is 11.3 Å². The number of carboxylic acid groups (broad SMARTS) is 1. The predicted molar refractivity (Wildman–Crippen MR) is 131 cm³/mol. The van der Waals surface area contributed by atoms with E-state index in [-0.39, 0.29) is 28.6 Å². The lowest BCUT2D eigenvalue weighted by molar-refractivity contribution is -0.135. The number of anilines is 1. The third kappa shape index (κ3) is 6.17. The SMILES string of the molecule is CO/C(=C\c1c(F)cc(C(=O)Nc2nc(-c3cccc(COCC4CCC4)c3F)cs2)cc1F)C(=O)O. The van der Waals surface area contributed by atoms with Gasteiger partial charge in [0.1, 0.15) is 17.5 Å². The number of nitrogens with zero attached hydrogens (tertiary/aromatic N) is 1. The first-order valence-electron chi connectivity index (χ1n) is 11.4. The zero-order valence-corrected chi connectivity index (χ0v) is 20.5. The van der Waals surface area contributed by atoms with Gasteiger partial charge in [0.25, 0.3) is 5.91 Å². The van der Waals surface area contributed by atoms with Crippen molar-refractivity contribution in [1.82, 2.24) is 4.98 Å². The van der Waals surface area contributed by atoms with Crippen LogP contribution in [-0.2, 0) is 20.9 Å². The van der Waals surface area contributed by atoms with E-state index < -0.39 is 40.7 Å². The second-order valence-electron chi connectivity index (χ2n) is 8.45. The highest BCUT2D eigenvalue weighted by molar-refractivity contribution is 7.14. The lowest BCUT2D eigenvalue weighted by atomic mass is 9.86. The van der Waals surface area contributed by atoms with Gasteiger partial charge in [-0.1, -0.05) is 18.6 Å². The van der Waals surface area contributed by atoms with E-state index in [0.29, 0.717) is 24.2 Å². The molecule has 1 aromatic heterocycles. The van der Waals surface area contributed by atoms with Gasteiger partial charge in [0.15, 0.2) is 5.13 Å². The normalized spacial score (nSPS) is 13.8. The number of carbonyl (C=O) groups is 2. The van der Waals surface area contributed by atoms with Crippen LogP contribution in [0, 0.1) is 23.4 Å². The second kappa shape index (κ2) is 11.6. The number of ether oxygens (including phenoxy) is 2. The number of hydrogen-bond donors (Lipinski definition) is 2. The van der Waals surface area contributed by atoms with Crippen LogP contribution in [0.15, 0.2) is 41.5 Å². The molecule has 2 N–H and O–H groups in total. The molecule has 1 aliphatic carbocycles. The van der Waals surface area contributed by atoms with Crippen LogP contribution in [0.25, 0.3) is 17.3 Å². The molecule has 1 aliphatic rings. The third-order valence-electron chi connectivity index (χ3n) is 5.96. The predicted octanol–water partition coefficient (Wildman–Crippen LogP) is 5.87. The van der Waals surface area contributed by atoms with Gasteiger partial charge in [-0.3, -0.25) is 10.1 Å². The highest BCUT2D eigenvalue weighted by atomic mass is 32.1. The summed E-state index contributed by atoms with van der Waals surface area (Å²) in [7, 11) is 1.05. The standard InChI is InChI=1S/C26H23F3N2O5S/c1-35-22(25(33)34)10-18-19(27)8-16(9-20(18)28)24(32)31-26-30-21(13-37-26)17-7-3-6-15(23(17)29)12-36-11-14-4-2-5-14/h3,6-10,13-14H,2,4-5,11-12H2,1H3,(H,33,34)(H,30,31,32)/b22-10-. The quantitative estimate of drug-likeness (QED) is 0.250. The Balaban J connectivity index is 1.46. The summed E-state index contributed by atoms with van der Waals surface area (Å²) in [6.07, 6.45) is 4.16. The molecule has 0 saturated heterocycles. The molecule has 1 saturated carbocycles. The van der Waals surface area contributed by atoms with Crippen LogP contribution in [0.3, 0.4) is 0 Å². The van der Waals surface area contributed by atoms with E-state index in [1.54, 1.807) is 23.6 Å². The number of hydrogen-bond acceptors (Lipinski definition) is 6. The fraction of sp³-hybridized carbons (Fsp3) is 0.269. The van der Waals surface area contributed by atoms with Gasteiger partial charge in [-0.05, 0) is 37.0 Å². The van der Waals surface area contributed by atoms with E-state index in [2.05, 4.69) is 15.0 Å². The van der Waals surface area contributed by atoms with Gasteiger partial charge in [0.05, 0.1) is 19.4 Å². The number of amides is 1. The maximum atomic E-state index is 15.1. The summed E-state index contributed by atoms with van der Waals surface area (Å²) in [5.74, 6) is -5.27. The van der Waals surface area contributed by atoms with Crippen molar-refractivity contribution in [3.05, 3.63) is 75.6 Å². The topological polar surface area (TPSA) is 97.8 Å². The van der Waals surface area contributed by atoms with Crippen molar-refractivity contribution in [1.29, 1.82) is 0 Å². The minimum atomic E-state index is -1.51. The number of nitrogens with one attached hydrogen (secondary N) is 1. The lowest BCUT2D eigenvalue weighted by Crippen LogP contribution is -2.17. The zero-order valence-electron chi connectivity index (χ0n) is 19.7. The van der Waals surface area contributed by atoms with E-state index in [1.807, 2.05) is 0 Å². The molecule has 37 heavy (non-hydrogen) atoms. The molecule has 0 bridgehead atoms. The van der Waals surface area contributed by atoms with Gasteiger partial charge < -0.3 is 14.6 Å². The smallest absolute Gasteiger partial charge is 0.371 e. The Morgan fingerprint density at radius 3 is 2.57 bits per heavy atom. The summed E-state index contributed by atoms with van der Waals surface area (Å²) in [6, 6.07) is 6.43. The maximum absolute atomic E-state index is 15.1. The van der Waals surface area contributed by atoms with Crippen molar-refractivity contribution >= 4 is 34.4 Å². The number of methoxy groups -OCH3 is 1. The van der Waals surface area contributed by atoms with Gasteiger partial charge in [0.2, 0.25) is 5.76 Å². The first-order chi connectivity index (χ1) is 17.8. The first-order valence-corrected chi connectivity index (χ1v) is 12.2. The Morgan fingerprint density at radius 1 is 1.22 bits per heavy atom. The number of halogens is 3. The van der Waals surface area contributed by atoms with Crippen LogP contribution >= 0.6 is 11.3 Å². The van der Waals surface area contributed by atoms with E-state index in [4.69, 9.17) is 9.84 Å². The lowest BCUT2D eigenvalue weighted by Gasteiger charge is -2.24. The summed E-state index contributed by atoms with van der Waals surface area (Å²) in [4.78, 5) is 27.8. The Hall–Kier alpha value is -3.70. The van der Waals surface area contributed by atoms with Crippen molar-refractivity contribution in [3.8, 4) is 11.3 Å². The third-order valence-corrected chi connectivity index (χ3v) is 6.72. The molecular weight excluding hydrogens is 509 g/mol. The molecule has 11 heteroatoms. The van der Waals surface area contributed by atoms with E-state index in [0.717, 1.165) is 43.4 Å². The van der Waals surface area contributed by atoms with Crippen LogP contribution < -0.4 is 5.32 Å². The monoisotopic (exact) mass is 532 g/mol. The fourth-order valence-electron chi connectivity index (χ4n) is 3.70. The summed E-state index contributed by atoms with van der Waals surface area (Å²) >= 11 is 1.02. The van der Waals surface area contributed by atoms with Crippen LogP contribution in [0.1, 0.15) is 40.7 Å². The highest BCUT2D eigenvalue weighted by Crippen LogP contribution is 2.30. The number of benzene rings is 2. The summed E-state index contributed by atoms with van der Waals surface area (Å²) in [6.45, 7) is 0.743. The first kappa shape index (κ1) is 26.4. The molecule has 0 unspecified atom stereocenters. The zero-order chi connectivity index (χ0) is 26.5. The molecule has 7 nitrogen and oxygen atoms in total. The molecule has 1 fully saturated rings. The van der Waals surface area contributed by atoms with Crippen LogP contribution in [0.5, 0.6) is 0 Å². The molecule has 2 aromatic carbocycles. The maximum Gasteiger partial charge on any atom is 0.371 e. The minimum Gasteiger partial charge on any atom is -0.490 e. The molecule has 3 aromatic rings. The van der Waals surface area contributed by atoms with E-state index in [1.165, 1.54) is 6.42 Å². The van der Waals surface area contributed by atoms with Crippen LogP contribution in [0.2, 0.25) is 0 Å². The number of aliphatic carboxylic acids is 1. The number of carboxylic acids is 1. The summed E-state index contributed by atoms with van der Waals surface area (Å²) in [5, 5.41) is 13.1. The minimum absolute atomic E-state index is 0.100. The Bertz CT molecular complexity index is 1330. The summed E-state index contributed by atoms with van der Waals surface area (Å²) < 4.78 is 54.2. The van der Waals surface area contributed by atoms with Crippen molar-refractivity contribution < 1.29 is 37.3 Å². The molecule has 4 rings (SSSR count). The van der Waals surface area contributed by atoms with Crippen molar-refractivity contribution in [2.75, 3.05) is 19.0 Å². The molecule has 0 radical (unpaired) electrons. The second-order valence-corrected chi connectivity index (χ2v) is 9.31. The fourth-order valence-corrected chi connectivity index (χ4v) is 4.41. The number of thiazole rings is 1. The Kier molecular flexibility index (Phi) is 8.24. The molecule has 1 amide bonds. The average molecular weight is 533 g/mol. The van der Waals surface area contributed by atoms with Crippen molar-refractivity contribution in [2.24, 2.45) is 5.92 Å². The van der Waals surface area contributed by atoms with Crippen molar-refractivity contribution in [3.63, 3.8) is 0 Å². The largest absolute Gasteiger partial charge is 0.490 e. The number of carbonyl (C=O) groups excluding carboxylic acids is 1. The molecule has 1 heterocycles. The van der Waals surface area contributed by atoms with Gasteiger partial charge >= 0.3 is 5.97 Å². The average Bonchev–Trinajstić information content (AvgIpc) is 3.29. The van der Waals surface area contributed by atoms with Crippen LogP contribution in [-0.4, -0.2) is 35.7 Å². The number of aromatic nitrogens is 1. The Labute approximate surface area is 214 Å². The molecule has 0 spiro atoms. The van der Waals surface area contributed by atoms with E-state index in [9.17, 15) is 18.4 Å². The highest BCUT2D eigenvalue weighted by Gasteiger charge is 2.20. The number of rotatable bonds is 10. The Morgan fingerprint density at radius 2 is 1.95 bits per heavy atom. The molecule has 194 valence electrons. The van der Waals surface area contributed by atoms with Crippen LogP contribution in [0.4, 0.5) is 18.3 Å². The van der Waals surface area contributed by atoms with Gasteiger partial charge in [0, 0.05) is 40.3 Å². The van der Waals surface area contributed by atoms with Crippen molar-refractivity contribution in [2.45, 2.75) is 25.9 Å². The van der Waals surface area contributed by atoms with Gasteiger partial charge in [-0.2, -0.15) is 0 Å². The van der Waals surface area contributed by atoms with E-state index >= 15 is 4.39 Å². The molecule has 0 aliphatic heterocycles. The summed E-state index contributed by atoms with van der Waals surface area (Å²) in [5.41, 5.74) is -0.0938. The molecule has 0 atom stereocenters.